The Balaban J connectivity index is 2.13. The first-order valence-electron chi connectivity index (χ1n) is 5.57. The van der Waals surface area contributed by atoms with Crippen molar-refractivity contribution >= 4 is 23.5 Å². The quantitative estimate of drug-likeness (QED) is 0.889. The van der Waals surface area contributed by atoms with Gasteiger partial charge >= 0.3 is 0 Å². The minimum absolute atomic E-state index is 0.0442. The fraction of sp³-hybridized carbons (Fsp3) is 0.800. The summed E-state index contributed by atoms with van der Waals surface area (Å²) in [6.45, 7) is 2.24. The van der Waals surface area contributed by atoms with Gasteiger partial charge in [-0.2, -0.15) is 23.5 Å². The van der Waals surface area contributed by atoms with Gasteiger partial charge < -0.3 is 5.73 Å². The number of thioether (sulfide) groups is 2. The summed E-state index contributed by atoms with van der Waals surface area (Å²) in [5.74, 6) is 2.45. The van der Waals surface area contributed by atoms with Crippen LogP contribution in [0.4, 0.5) is 0 Å². The second-order valence-electron chi connectivity index (χ2n) is 3.96. The lowest BCUT2D eigenvalue weighted by molar-refractivity contribution is 0.570. The van der Waals surface area contributed by atoms with Crippen LogP contribution in [0.2, 0.25) is 0 Å². The standard InChI is InChI=1S/C10H18N4S2/c1-3-8-10(16-5-4-15-8)9(11)7-6-12-13-14(7)2/h6,8-10H,3-5,11H2,1-2H3. The molecule has 16 heavy (non-hydrogen) atoms. The highest BCUT2D eigenvalue weighted by atomic mass is 32.2. The second-order valence-corrected chi connectivity index (χ2v) is 6.59. The van der Waals surface area contributed by atoms with E-state index in [0.717, 1.165) is 5.69 Å². The van der Waals surface area contributed by atoms with Crippen LogP contribution >= 0.6 is 23.5 Å². The summed E-state index contributed by atoms with van der Waals surface area (Å²) in [5.41, 5.74) is 7.39. The predicted octanol–water partition coefficient (Wildman–Crippen LogP) is 1.44. The SMILES string of the molecule is CCC1SCCSC1C(N)c1cnnn1C. The minimum Gasteiger partial charge on any atom is -0.322 e. The molecule has 0 spiro atoms. The molecular weight excluding hydrogens is 240 g/mol. The van der Waals surface area contributed by atoms with Crippen molar-refractivity contribution < 1.29 is 0 Å². The first-order valence-corrected chi connectivity index (χ1v) is 7.67. The Labute approximate surface area is 105 Å². The molecule has 3 unspecified atom stereocenters. The molecular formula is C10H18N4S2. The lowest BCUT2D eigenvalue weighted by Crippen LogP contribution is -2.36. The first-order chi connectivity index (χ1) is 7.74. The van der Waals surface area contributed by atoms with Crippen molar-refractivity contribution in [2.24, 2.45) is 12.8 Å². The van der Waals surface area contributed by atoms with Crippen LogP contribution in [-0.2, 0) is 7.05 Å². The third-order valence-electron chi connectivity index (χ3n) is 2.94. The molecule has 0 radical (unpaired) electrons. The Kier molecular flexibility index (Phi) is 4.16. The van der Waals surface area contributed by atoms with Gasteiger partial charge in [-0.05, 0) is 6.42 Å². The van der Waals surface area contributed by atoms with Gasteiger partial charge in [-0.25, -0.2) is 0 Å². The number of aryl methyl sites for hydroxylation is 1. The zero-order chi connectivity index (χ0) is 11.5. The normalized spacial score (nSPS) is 27.9. The summed E-state index contributed by atoms with van der Waals surface area (Å²) >= 11 is 4.05. The molecule has 0 saturated carbocycles. The summed E-state index contributed by atoms with van der Waals surface area (Å²) in [6, 6.07) is 0.0442. The summed E-state index contributed by atoms with van der Waals surface area (Å²) in [7, 11) is 1.91. The molecule has 2 N–H and O–H groups in total. The van der Waals surface area contributed by atoms with Crippen LogP contribution in [0.1, 0.15) is 25.1 Å². The van der Waals surface area contributed by atoms with Crippen molar-refractivity contribution in [3.63, 3.8) is 0 Å². The zero-order valence-electron chi connectivity index (χ0n) is 9.67. The fourth-order valence-corrected chi connectivity index (χ4v) is 5.20. The van der Waals surface area contributed by atoms with E-state index in [0.29, 0.717) is 10.5 Å². The molecule has 4 nitrogen and oxygen atoms in total. The summed E-state index contributed by atoms with van der Waals surface area (Å²) in [5, 5.41) is 9.00. The summed E-state index contributed by atoms with van der Waals surface area (Å²) in [6.07, 6.45) is 2.97. The molecule has 1 aliphatic rings. The number of rotatable bonds is 3. The minimum atomic E-state index is 0.0442. The molecule has 1 aromatic heterocycles. The molecule has 2 rings (SSSR count). The fourth-order valence-electron chi connectivity index (χ4n) is 2.04. The van der Waals surface area contributed by atoms with E-state index in [4.69, 9.17) is 5.73 Å². The molecule has 90 valence electrons. The van der Waals surface area contributed by atoms with E-state index in [1.807, 2.05) is 18.8 Å². The van der Waals surface area contributed by atoms with E-state index < -0.39 is 0 Å². The first kappa shape index (κ1) is 12.3. The third-order valence-corrected chi connectivity index (χ3v) is 6.31. The van der Waals surface area contributed by atoms with Crippen LogP contribution < -0.4 is 5.73 Å². The molecule has 1 saturated heterocycles. The Morgan fingerprint density at radius 2 is 2.31 bits per heavy atom. The van der Waals surface area contributed by atoms with E-state index in [1.165, 1.54) is 17.9 Å². The lowest BCUT2D eigenvalue weighted by Gasteiger charge is -2.33. The number of nitrogens with zero attached hydrogens (tertiary/aromatic N) is 3. The van der Waals surface area contributed by atoms with E-state index in [-0.39, 0.29) is 6.04 Å². The number of aromatic nitrogens is 3. The lowest BCUT2D eigenvalue weighted by atomic mass is 10.1. The maximum Gasteiger partial charge on any atom is 0.0762 e. The highest BCUT2D eigenvalue weighted by molar-refractivity contribution is 8.07. The van der Waals surface area contributed by atoms with Crippen LogP contribution in [0.3, 0.4) is 0 Å². The Morgan fingerprint density at radius 1 is 1.56 bits per heavy atom. The zero-order valence-corrected chi connectivity index (χ0v) is 11.3. The average Bonchev–Trinajstić information content (AvgIpc) is 2.74. The molecule has 3 atom stereocenters. The maximum atomic E-state index is 6.35. The summed E-state index contributed by atoms with van der Waals surface area (Å²) < 4.78 is 1.79. The van der Waals surface area contributed by atoms with E-state index >= 15 is 0 Å². The average molecular weight is 258 g/mol. The largest absolute Gasteiger partial charge is 0.322 e. The van der Waals surface area contributed by atoms with Crippen molar-refractivity contribution in [2.45, 2.75) is 29.9 Å². The van der Waals surface area contributed by atoms with Crippen molar-refractivity contribution in [3.8, 4) is 0 Å². The van der Waals surface area contributed by atoms with Gasteiger partial charge in [0, 0.05) is 29.1 Å². The van der Waals surface area contributed by atoms with E-state index in [2.05, 4.69) is 29.0 Å². The van der Waals surface area contributed by atoms with Crippen molar-refractivity contribution in [1.29, 1.82) is 0 Å². The van der Waals surface area contributed by atoms with Gasteiger partial charge in [0.15, 0.2) is 0 Å². The molecule has 6 heteroatoms. The van der Waals surface area contributed by atoms with E-state index in [9.17, 15) is 0 Å². The van der Waals surface area contributed by atoms with Gasteiger partial charge in [-0.1, -0.05) is 12.1 Å². The molecule has 0 aliphatic carbocycles. The number of hydrogen-bond acceptors (Lipinski definition) is 5. The van der Waals surface area contributed by atoms with Gasteiger partial charge in [0.25, 0.3) is 0 Å². The van der Waals surface area contributed by atoms with Gasteiger partial charge in [0.1, 0.15) is 0 Å². The highest BCUT2D eigenvalue weighted by Gasteiger charge is 2.32. The smallest absolute Gasteiger partial charge is 0.0762 e. The molecule has 0 aromatic carbocycles. The molecule has 1 fully saturated rings. The predicted molar refractivity (Wildman–Crippen MR) is 70.7 cm³/mol. The monoisotopic (exact) mass is 258 g/mol. The van der Waals surface area contributed by atoms with Gasteiger partial charge in [-0.3, -0.25) is 4.68 Å². The highest BCUT2D eigenvalue weighted by Crippen LogP contribution is 2.38. The molecule has 2 heterocycles. The Hall–Kier alpha value is -0.200. The van der Waals surface area contributed by atoms with Crippen LogP contribution in [0.15, 0.2) is 6.20 Å². The van der Waals surface area contributed by atoms with Gasteiger partial charge in [0.2, 0.25) is 0 Å². The topological polar surface area (TPSA) is 56.7 Å². The van der Waals surface area contributed by atoms with Crippen LogP contribution in [0, 0.1) is 0 Å². The maximum absolute atomic E-state index is 6.35. The molecule has 0 bridgehead atoms. The third kappa shape index (κ3) is 2.38. The molecule has 1 aromatic rings. The van der Waals surface area contributed by atoms with Gasteiger partial charge in [-0.15, -0.1) is 5.10 Å². The van der Waals surface area contributed by atoms with Crippen molar-refractivity contribution in [3.05, 3.63) is 11.9 Å². The van der Waals surface area contributed by atoms with Crippen LogP contribution in [-0.4, -0.2) is 37.0 Å². The molecule has 1 aliphatic heterocycles. The molecule has 0 amide bonds. The number of hydrogen-bond donors (Lipinski definition) is 1. The van der Waals surface area contributed by atoms with E-state index in [1.54, 1.807) is 10.9 Å². The van der Waals surface area contributed by atoms with Crippen molar-refractivity contribution in [1.82, 2.24) is 15.0 Å². The van der Waals surface area contributed by atoms with Gasteiger partial charge in [0.05, 0.1) is 17.9 Å². The number of nitrogens with two attached hydrogens (primary N) is 1. The van der Waals surface area contributed by atoms with Crippen molar-refractivity contribution in [2.75, 3.05) is 11.5 Å². The second kappa shape index (κ2) is 5.42. The van der Waals surface area contributed by atoms with Crippen LogP contribution in [0.5, 0.6) is 0 Å². The van der Waals surface area contributed by atoms with Crippen LogP contribution in [0.25, 0.3) is 0 Å². The Morgan fingerprint density at radius 3 is 2.94 bits per heavy atom. The summed E-state index contributed by atoms with van der Waals surface area (Å²) in [4.78, 5) is 0. The Bertz CT molecular complexity index is 341.